The zero-order chi connectivity index (χ0) is 15.8. The number of esters is 1. The first-order valence-corrected chi connectivity index (χ1v) is 7.29. The van der Waals surface area contributed by atoms with Gasteiger partial charge in [0.25, 0.3) is 0 Å². The van der Waals surface area contributed by atoms with Crippen molar-refractivity contribution in [3.8, 4) is 5.75 Å². The number of hydrogen-bond donors (Lipinski definition) is 0. The Morgan fingerprint density at radius 1 is 1.27 bits per heavy atom. The van der Waals surface area contributed by atoms with Crippen molar-refractivity contribution in [3.05, 3.63) is 35.7 Å². The van der Waals surface area contributed by atoms with Crippen LogP contribution in [0.2, 0.25) is 0 Å². The molecule has 7 nitrogen and oxygen atoms in total. The van der Waals surface area contributed by atoms with E-state index in [1.54, 1.807) is 4.68 Å². The summed E-state index contributed by atoms with van der Waals surface area (Å²) in [5.74, 6) is 0.957. The third-order valence-electron chi connectivity index (χ3n) is 3.00. The molecule has 118 valence electrons. The lowest BCUT2D eigenvalue weighted by atomic mass is 10.2. The fourth-order valence-electron chi connectivity index (χ4n) is 1.82. The summed E-state index contributed by atoms with van der Waals surface area (Å²) in [7, 11) is 0. The van der Waals surface area contributed by atoms with E-state index >= 15 is 0 Å². The Kier molecular flexibility index (Phi) is 5.88. The van der Waals surface area contributed by atoms with E-state index in [-0.39, 0.29) is 25.6 Å². The van der Waals surface area contributed by atoms with E-state index in [9.17, 15) is 4.79 Å². The van der Waals surface area contributed by atoms with Gasteiger partial charge in [0.1, 0.15) is 5.75 Å². The predicted molar refractivity (Wildman–Crippen MR) is 79.2 cm³/mol. The molecule has 1 heterocycles. The molecule has 2 rings (SSSR count). The number of ether oxygens (including phenoxy) is 2. The molecular weight excluding hydrogens is 284 g/mol. The molecule has 0 amide bonds. The van der Waals surface area contributed by atoms with Crippen LogP contribution in [0.15, 0.2) is 24.3 Å². The Morgan fingerprint density at radius 2 is 2.05 bits per heavy atom. The van der Waals surface area contributed by atoms with Crippen molar-refractivity contribution in [1.29, 1.82) is 0 Å². The average molecular weight is 304 g/mol. The van der Waals surface area contributed by atoms with Crippen molar-refractivity contribution >= 4 is 5.97 Å². The standard InChI is InChI=1S/C15H20N4O3/c1-3-9-19-14(16-17-18-19)11-22-15(20)8-10-21-13-6-4-12(2)5-7-13/h4-7H,3,8-11H2,1-2H3. The summed E-state index contributed by atoms with van der Waals surface area (Å²) in [6.45, 7) is 5.10. The number of carbonyl (C=O) groups is 1. The van der Waals surface area contributed by atoms with Gasteiger partial charge >= 0.3 is 5.97 Å². The van der Waals surface area contributed by atoms with Crippen LogP contribution in [-0.4, -0.2) is 32.8 Å². The topological polar surface area (TPSA) is 79.1 Å². The third-order valence-corrected chi connectivity index (χ3v) is 3.00. The molecule has 0 fully saturated rings. The number of aromatic nitrogens is 4. The molecule has 0 saturated heterocycles. The van der Waals surface area contributed by atoms with Crippen LogP contribution in [0.5, 0.6) is 5.75 Å². The minimum Gasteiger partial charge on any atom is -0.493 e. The SMILES string of the molecule is CCCn1nnnc1COC(=O)CCOc1ccc(C)cc1. The van der Waals surface area contributed by atoms with Gasteiger partial charge in [0.2, 0.25) is 0 Å². The molecule has 2 aromatic rings. The van der Waals surface area contributed by atoms with Gasteiger partial charge in [-0.25, -0.2) is 4.68 Å². The van der Waals surface area contributed by atoms with Gasteiger partial charge in [-0.2, -0.15) is 0 Å². The summed E-state index contributed by atoms with van der Waals surface area (Å²) < 4.78 is 12.3. The van der Waals surface area contributed by atoms with E-state index in [2.05, 4.69) is 15.5 Å². The smallest absolute Gasteiger partial charge is 0.309 e. The predicted octanol–water partition coefficient (Wildman–Crippen LogP) is 1.90. The van der Waals surface area contributed by atoms with Gasteiger partial charge in [0, 0.05) is 6.54 Å². The van der Waals surface area contributed by atoms with Crippen molar-refractivity contribution in [3.63, 3.8) is 0 Å². The van der Waals surface area contributed by atoms with E-state index in [0.29, 0.717) is 12.4 Å². The highest BCUT2D eigenvalue weighted by Crippen LogP contribution is 2.11. The van der Waals surface area contributed by atoms with Crippen LogP contribution in [0.3, 0.4) is 0 Å². The first-order valence-electron chi connectivity index (χ1n) is 7.29. The molecule has 0 aliphatic carbocycles. The molecular formula is C15H20N4O3. The average Bonchev–Trinajstić information content (AvgIpc) is 2.95. The lowest BCUT2D eigenvalue weighted by Gasteiger charge is -2.07. The van der Waals surface area contributed by atoms with Gasteiger partial charge in [-0.15, -0.1) is 5.10 Å². The molecule has 0 bridgehead atoms. The van der Waals surface area contributed by atoms with E-state index in [1.165, 1.54) is 0 Å². The molecule has 0 aliphatic rings. The van der Waals surface area contributed by atoms with Crippen LogP contribution < -0.4 is 4.74 Å². The number of carbonyl (C=O) groups excluding carboxylic acids is 1. The highest BCUT2D eigenvalue weighted by molar-refractivity contribution is 5.69. The summed E-state index contributed by atoms with van der Waals surface area (Å²) in [6, 6.07) is 7.67. The lowest BCUT2D eigenvalue weighted by molar-refractivity contribution is -0.145. The van der Waals surface area contributed by atoms with E-state index < -0.39 is 0 Å². The summed E-state index contributed by atoms with van der Waals surface area (Å²) in [5.41, 5.74) is 1.16. The normalized spacial score (nSPS) is 10.5. The third kappa shape index (κ3) is 4.83. The van der Waals surface area contributed by atoms with Crippen LogP contribution in [0, 0.1) is 6.92 Å². The molecule has 22 heavy (non-hydrogen) atoms. The first-order chi connectivity index (χ1) is 10.7. The molecule has 7 heteroatoms. The lowest BCUT2D eigenvalue weighted by Crippen LogP contribution is -2.13. The van der Waals surface area contributed by atoms with E-state index in [1.807, 2.05) is 38.1 Å². The Morgan fingerprint density at radius 3 is 2.77 bits per heavy atom. The second kappa shape index (κ2) is 8.11. The zero-order valence-corrected chi connectivity index (χ0v) is 12.9. The molecule has 0 N–H and O–H groups in total. The van der Waals surface area contributed by atoms with Crippen molar-refractivity contribution in [2.45, 2.75) is 39.8 Å². The Hall–Kier alpha value is -2.44. The summed E-state index contributed by atoms with van der Waals surface area (Å²) in [5, 5.41) is 11.2. The molecule has 0 aliphatic heterocycles. The van der Waals surface area contributed by atoms with Crippen LogP contribution in [-0.2, 0) is 22.7 Å². The number of benzene rings is 1. The number of aryl methyl sites for hydroxylation is 2. The van der Waals surface area contributed by atoms with Crippen molar-refractivity contribution in [2.75, 3.05) is 6.61 Å². The van der Waals surface area contributed by atoms with Gasteiger partial charge in [0.15, 0.2) is 12.4 Å². The number of rotatable bonds is 8. The number of tetrazole rings is 1. The largest absolute Gasteiger partial charge is 0.493 e. The van der Waals surface area contributed by atoms with Gasteiger partial charge in [-0.1, -0.05) is 24.6 Å². The highest BCUT2D eigenvalue weighted by Gasteiger charge is 2.09. The quantitative estimate of drug-likeness (QED) is 0.693. The van der Waals surface area contributed by atoms with E-state index in [4.69, 9.17) is 9.47 Å². The Bertz CT molecular complexity index is 595. The monoisotopic (exact) mass is 304 g/mol. The van der Waals surface area contributed by atoms with Gasteiger partial charge < -0.3 is 9.47 Å². The van der Waals surface area contributed by atoms with Gasteiger partial charge in [0.05, 0.1) is 13.0 Å². The fourth-order valence-corrected chi connectivity index (χ4v) is 1.82. The fraction of sp³-hybridized carbons (Fsp3) is 0.467. The van der Waals surface area contributed by atoms with Crippen molar-refractivity contribution < 1.29 is 14.3 Å². The maximum Gasteiger partial charge on any atom is 0.309 e. The maximum atomic E-state index is 11.7. The van der Waals surface area contributed by atoms with Gasteiger partial charge in [-0.3, -0.25) is 4.79 Å². The molecule has 0 atom stereocenters. The molecule has 0 spiro atoms. The first kappa shape index (κ1) is 15.9. The Labute approximate surface area is 129 Å². The molecule has 1 aromatic carbocycles. The van der Waals surface area contributed by atoms with Crippen LogP contribution in [0.4, 0.5) is 0 Å². The van der Waals surface area contributed by atoms with E-state index in [0.717, 1.165) is 17.7 Å². The van der Waals surface area contributed by atoms with Crippen LogP contribution in [0.1, 0.15) is 31.2 Å². The van der Waals surface area contributed by atoms with Gasteiger partial charge in [-0.05, 0) is 35.9 Å². The van der Waals surface area contributed by atoms with Crippen LogP contribution >= 0.6 is 0 Å². The molecule has 0 radical (unpaired) electrons. The maximum absolute atomic E-state index is 11.7. The van der Waals surface area contributed by atoms with Crippen molar-refractivity contribution in [1.82, 2.24) is 20.2 Å². The summed E-state index contributed by atoms with van der Waals surface area (Å²) >= 11 is 0. The second-order valence-electron chi connectivity index (χ2n) is 4.89. The molecule has 1 aromatic heterocycles. The minimum absolute atomic E-state index is 0.0797. The Balaban J connectivity index is 1.69. The molecule has 0 saturated carbocycles. The zero-order valence-electron chi connectivity index (χ0n) is 12.9. The minimum atomic E-state index is -0.335. The number of hydrogen-bond acceptors (Lipinski definition) is 6. The summed E-state index contributed by atoms with van der Waals surface area (Å²) in [4.78, 5) is 11.7. The van der Waals surface area contributed by atoms with Crippen LogP contribution in [0.25, 0.3) is 0 Å². The number of nitrogens with zero attached hydrogens (tertiary/aromatic N) is 4. The molecule has 0 unspecified atom stereocenters. The van der Waals surface area contributed by atoms with Crippen molar-refractivity contribution in [2.24, 2.45) is 0 Å². The highest BCUT2D eigenvalue weighted by atomic mass is 16.5. The summed E-state index contributed by atoms with van der Waals surface area (Å²) in [6.07, 6.45) is 1.10. The second-order valence-corrected chi connectivity index (χ2v) is 4.89.